The van der Waals surface area contributed by atoms with Crippen LogP contribution in [0, 0.1) is 0 Å². The number of hydrogen-bond acceptors (Lipinski definition) is 3. The van der Waals surface area contributed by atoms with Gasteiger partial charge in [-0.25, -0.2) is 0 Å². The lowest BCUT2D eigenvalue weighted by Crippen LogP contribution is -2.15. The number of ether oxygens (including phenoxy) is 2. The monoisotopic (exact) mass is 392 g/mol. The van der Waals surface area contributed by atoms with Gasteiger partial charge in [0.15, 0.2) is 0 Å². The van der Waals surface area contributed by atoms with Gasteiger partial charge in [-0.2, -0.15) is 0 Å². The van der Waals surface area contributed by atoms with Crippen molar-refractivity contribution in [3.63, 3.8) is 0 Å². The Morgan fingerprint density at radius 3 is 2.50 bits per heavy atom. The summed E-state index contributed by atoms with van der Waals surface area (Å²) in [5, 5.41) is 9.67. The molecule has 0 radical (unpaired) electrons. The Morgan fingerprint density at radius 2 is 1.92 bits per heavy atom. The van der Waals surface area contributed by atoms with E-state index in [1.807, 2.05) is 25.1 Å². The van der Waals surface area contributed by atoms with Gasteiger partial charge < -0.3 is 14.6 Å². The predicted molar refractivity (Wildman–Crippen MR) is 97.0 cm³/mol. The van der Waals surface area contributed by atoms with Gasteiger partial charge in [-0.1, -0.05) is 35.0 Å². The van der Waals surface area contributed by atoms with Gasteiger partial charge in [0.2, 0.25) is 0 Å². The SMILES string of the molecule is CCCOc1ccc(Br)cc1CC(C(=O)O)c1ccc(OC)cc1. The maximum absolute atomic E-state index is 11.8. The molecule has 0 aliphatic carbocycles. The van der Waals surface area contributed by atoms with Gasteiger partial charge in [-0.15, -0.1) is 0 Å². The summed E-state index contributed by atoms with van der Waals surface area (Å²) in [4.78, 5) is 11.8. The van der Waals surface area contributed by atoms with E-state index in [1.54, 1.807) is 31.4 Å². The molecule has 0 saturated heterocycles. The lowest BCUT2D eigenvalue weighted by molar-refractivity contribution is -0.138. The van der Waals surface area contributed by atoms with Crippen LogP contribution < -0.4 is 9.47 Å². The molecule has 0 saturated carbocycles. The summed E-state index contributed by atoms with van der Waals surface area (Å²) in [5.41, 5.74) is 1.62. The highest BCUT2D eigenvalue weighted by Gasteiger charge is 2.22. The number of carboxylic acid groups (broad SMARTS) is 1. The van der Waals surface area contributed by atoms with Gasteiger partial charge in [-0.3, -0.25) is 4.79 Å². The largest absolute Gasteiger partial charge is 0.497 e. The molecule has 0 aliphatic rings. The Balaban J connectivity index is 2.29. The van der Waals surface area contributed by atoms with E-state index in [4.69, 9.17) is 9.47 Å². The minimum atomic E-state index is -0.860. The third-order valence-corrected chi connectivity index (χ3v) is 4.22. The van der Waals surface area contributed by atoms with Crippen LogP contribution in [0.15, 0.2) is 46.9 Å². The van der Waals surface area contributed by atoms with Crippen molar-refractivity contribution >= 4 is 21.9 Å². The number of carboxylic acids is 1. The van der Waals surface area contributed by atoms with Crippen molar-refractivity contribution in [3.05, 3.63) is 58.1 Å². The Labute approximate surface area is 150 Å². The van der Waals surface area contributed by atoms with Crippen molar-refractivity contribution in [1.82, 2.24) is 0 Å². The first kappa shape index (κ1) is 18.3. The predicted octanol–water partition coefficient (Wildman–Crippen LogP) is 4.66. The number of halogens is 1. The molecule has 4 nitrogen and oxygen atoms in total. The molecule has 2 aromatic rings. The third-order valence-electron chi connectivity index (χ3n) is 3.72. The van der Waals surface area contributed by atoms with Crippen molar-refractivity contribution < 1.29 is 19.4 Å². The molecule has 0 amide bonds. The second kappa shape index (κ2) is 8.73. The van der Waals surface area contributed by atoms with Crippen molar-refractivity contribution in [2.75, 3.05) is 13.7 Å². The molecule has 128 valence electrons. The molecule has 0 aromatic heterocycles. The molecule has 0 bridgehead atoms. The van der Waals surface area contributed by atoms with E-state index in [0.717, 1.165) is 27.8 Å². The summed E-state index contributed by atoms with van der Waals surface area (Å²) in [6.07, 6.45) is 1.26. The summed E-state index contributed by atoms with van der Waals surface area (Å²) < 4.78 is 11.8. The molecule has 5 heteroatoms. The van der Waals surface area contributed by atoms with E-state index in [1.165, 1.54) is 0 Å². The second-order valence-corrected chi connectivity index (χ2v) is 6.38. The van der Waals surface area contributed by atoms with Crippen LogP contribution in [0.3, 0.4) is 0 Å². The Bertz CT molecular complexity index is 682. The summed E-state index contributed by atoms with van der Waals surface area (Å²) in [6, 6.07) is 12.8. The first-order chi connectivity index (χ1) is 11.5. The highest BCUT2D eigenvalue weighted by molar-refractivity contribution is 9.10. The second-order valence-electron chi connectivity index (χ2n) is 5.47. The molecular formula is C19H21BrO4. The summed E-state index contributed by atoms with van der Waals surface area (Å²) in [7, 11) is 1.59. The summed E-state index contributed by atoms with van der Waals surface area (Å²) in [6.45, 7) is 2.64. The zero-order valence-corrected chi connectivity index (χ0v) is 15.4. The van der Waals surface area contributed by atoms with Crippen LogP contribution in [0.1, 0.15) is 30.4 Å². The zero-order valence-electron chi connectivity index (χ0n) is 13.8. The van der Waals surface area contributed by atoms with Crippen molar-refractivity contribution in [2.45, 2.75) is 25.7 Å². The molecule has 1 atom stereocenters. The van der Waals surface area contributed by atoms with E-state index in [9.17, 15) is 9.90 Å². The lowest BCUT2D eigenvalue weighted by Gasteiger charge is -2.17. The first-order valence-corrected chi connectivity index (χ1v) is 8.62. The van der Waals surface area contributed by atoms with Crippen LogP contribution in [-0.4, -0.2) is 24.8 Å². The Morgan fingerprint density at radius 1 is 1.21 bits per heavy atom. The van der Waals surface area contributed by atoms with Crippen LogP contribution >= 0.6 is 15.9 Å². The van der Waals surface area contributed by atoms with E-state index in [0.29, 0.717) is 18.8 Å². The Kier molecular flexibility index (Phi) is 6.67. The van der Waals surface area contributed by atoms with Gasteiger partial charge in [-0.05, 0) is 54.3 Å². The molecule has 2 aromatic carbocycles. The highest BCUT2D eigenvalue weighted by atomic mass is 79.9. The number of rotatable bonds is 8. The lowest BCUT2D eigenvalue weighted by atomic mass is 9.91. The molecule has 2 rings (SSSR count). The van der Waals surface area contributed by atoms with E-state index < -0.39 is 11.9 Å². The normalized spacial score (nSPS) is 11.8. The minimum absolute atomic E-state index is 0.361. The highest BCUT2D eigenvalue weighted by Crippen LogP contribution is 2.30. The average molecular weight is 393 g/mol. The fourth-order valence-electron chi connectivity index (χ4n) is 2.46. The fourth-order valence-corrected chi connectivity index (χ4v) is 2.87. The maximum atomic E-state index is 11.8. The number of methoxy groups -OCH3 is 1. The molecule has 0 spiro atoms. The molecule has 0 heterocycles. The topological polar surface area (TPSA) is 55.8 Å². The van der Waals surface area contributed by atoms with Gasteiger partial charge in [0.1, 0.15) is 11.5 Å². The standard InChI is InChI=1S/C19H21BrO4/c1-3-10-24-18-9-6-15(20)11-14(18)12-17(19(21)22)13-4-7-16(23-2)8-5-13/h4-9,11,17H,3,10,12H2,1-2H3,(H,21,22). The molecule has 1 unspecified atom stereocenters. The number of carbonyl (C=O) groups is 1. The zero-order chi connectivity index (χ0) is 17.5. The molecule has 1 N–H and O–H groups in total. The van der Waals surface area contributed by atoms with Crippen molar-refractivity contribution in [2.24, 2.45) is 0 Å². The van der Waals surface area contributed by atoms with Crippen molar-refractivity contribution in [3.8, 4) is 11.5 Å². The van der Waals surface area contributed by atoms with Gasteiger partial charge >= 0.3 is 5.97 Å². The summed E-state index contributed by atoms with van der Waals surface area (Å²) in [5.74, 6) is -0.0621. The smallest absolute Gasteiger partial charge is 0.311 e. The first-order valence-electron chi connectivity index (χ1n) is 7.83. The van der Waals surface area contributed by atoms with Crippen LogP contribution in [-0.2, 0) is 11.2 Å². The fraction of sp³-hybridized carbons (Fsp3) is 0.316. The van der Waals surface area contributed by atoms with E-state index in [2.05, 4.69) is 15.9 Å². The number of hydrogen-bond donors (Lipinski definition) is 1. The van der Waals surface area contributed by atoms with E-state index >= 15 is 0 Å². The van der Waals surface area contributed by atoms with Gasteiger partial charge in [0.05, 0.1) is 19.6 Å². The number of benzene rings is 2. The minimum Gasteiger partial charge on any atom is -0.497 e. The maximum Gasteiger partial charge on any atom is 0.311 e. The van der Waals surface area contributed by atoms with Crippen LogP contribution in [0.25, 0.3) is 0 Å². The average Bonchev–Trinajstić information content (AvgIpc) is 2.58. The van der Waals surface area contributed by atoms with Crippen LogP contribution in [0.2, 0.25) is 0 Å². The van der Waals surface area contributed by atoms with Crippen LogP contribution in [0.4, 0.5) is 0 Å². The van der Waals surface area contributed by atoms with Gasteiger partial charge in [0.25, 0.3) is 0 Å². The molecule has 0 aliphatic heterocycles. The van der Waals surface area contributed by atoms with Gasteiger partial charge in [0, 0.05) is 4.47 Å². The Hall–Kier alpha value is -2.01. The molecule has 24 heavy (non-hydrogen) atoms. The quantitative estimate of drug-likeness (QED) is 0.709. The van der Waals surface area contributed by atoms with E-state index in [-0.39, 0.29) is 0 Å². The van der Waals surface area contributed by atoms with Crippen molar-refractivity contribution in [1.29, 1.82) is 0 Å². The third kappa shape index (κ3) is 4.74. The number of aliphatic carboxylic acids is 1. The molecule has 0 fully saturated rings. The summed E-state index contributed by atoms with van der Waals surface area (Å²) >= 11 is 3.45. The molecular weight excluding hydrogens is 372 g/mol. The van der Waals surface area contributed by atoms with Crippen LogP contribution in [0.5, 0.6) is 11.5 Å².